The molecule has 3 N–H and O–H groups in total. The normalized spacial score (nSPS) is 24.6. The molecule has 1 fully saturated rings. The number of Topliss-reactive ketones (excluding diaryl/α,β-unsaturated/α-hetero) is 1. The zero-order valence-corrected chi connectivity index (χ0v) is 5.59. The highest BCUT2D eigenvalue weighted by molar-refractivity contribution is 6.37. The monoisotopic (exact) mass is 142 g/mol. The third-order valence-electron chi connectivity index (χ3n) is 1.62. The van der Waals surface area contributed by atoms with E-state index in [1.807, 2.05) is 0 Å². The second-order valence-electron chi connectivity index (χ2n) is 2.38. The third-order valence-corrected chi connectivity index (χ3v) is 1.62. The van der Waals surface area contributed by atoms with E-state index >= 15 is 0 Å². The highest BCUT2D eigenvalue weighted by Crippen LogP contribution is 2.04. The first-order chi connectivity index (χ1) is 4.72. The molecule has 4 heteroatoms. The third kappa shape index (κ3) is 1.33. The standard InChI is InChI=1S/C6H10N2O2/c7-6(10)5(9)4-2-1-3-8-4/h4,8H,1-3H2,(H2,7,10)/t4-/m0/s1. The van der Waals surface area contributed by atoms with Gasteiger partial charge in [-0.1, -0.05) is 0 Å². The summed E-state index contributed by atoms with van der Waals surface area (Å²) in [6.07, 6.45) is 1.69. The van der Waals surface area contributed by atoms with Crippen molar-refractivity contribution in [1.29, 1.82) is 0 Å². The van der Waals surface area contributed by atoms with E-state index in [1.165, 1.54) is 0 Å². The molecule has 1 rings (SSSR count). The fraction of sp³-hybridized carbons (Fsp3) is 0.667. The fourth-order valence-corrected chi connectivity index (χ4v) is 1.08. The number of amides is 1. The number of hydrogen-bond acceptors (Lipinski definition) is 3. The molecule has 1 aliphatic heterocycles. The molecule has 0 spiro atoms. The molecule has 0 unspecified atom stereocenters. The first-order valence-electron chi connectivity index (χ1n) is 3.29. The molecule has 1 saturated heterocycles. The van der Waals surface area contributed by atoms with Crippen LogP contribution in [0.5, 0.6) is 0 Å². The van der Waals surface area contributed by atoms with Crippen LogP contribution in [-0.4, -0.2) is 24.3 Å². The van der Waals surface area contributed by atoms with Crippen LogP contribution in [0.15, 0.2) is 0 Å². The number of nitrogens with one attached hydrogen (secondary N) is 1. The van der Waals surface area contributed by atoms with Crippen molar-refractivity contribution in [3.63, 3.8) is 0 Å². The molecule has 10 heavy (non-hydrogen) atoms. The molecule has 1 atom stereocenters. The van der Waals surface area contributed by atoms with Crippen LogP contribution in [0.2, 0.25) is 0 Å². The Morgan fingerprint density at radius 3 is 2.60 bits per heavy atom. The second-order valence-corrected chi connectivity index (χ2v) is 2.38. The summed E-state index contributed by atoms with van der Waals surface area (Å²) in [6, 6.07) is -0.308. The average molecular weight is 142 g/mol. The number of carbonyl (C=O) groups is 2. The highest BCUT2D eigenvalue weighted by atomic mass is 16.2. The van der Waals surface area contributed by atoms with Gasteiger partial charge in [-0.15, -0.1) is 0 Å². The predicted octanol–water partition coefficient (Wildman–Crippen LogP) is -1.21. The van der Waals surface area contributed by atoms with Crippen LogP contribution in [0, 0.1) is 0 Å². The molecule has 0 radical (unpaired) electrons. The molecule has 1 amide bonds. The summed E-state index contributed by atoms with van der Waals surface area (Å²) in [6.45, 7) is 0.809. The van der Waals surface area contributed by atoms with E-state index < -0.39 is 11.7 Å². The summed E-state index contributed by atoms with van der Waals surface area (Å²) in [5.41, 5.74) is 4.79. The van der Waals surface area contributed by atoms with Gasteiger partial charge in [-0.05, 0) is 19.4 Å². The van der Waals surface area contributed by atoms with Crippen LogP contribution < -0.4 is 11.1 Å². The zero-order chi connectivity index (χ0) is 7.56. The fourth-order valence-electron chi connectivity index (χ4n) is 1.08. The first-order valence-corrected chi connectivity index (χ1v) is 3.29. The van der Waals surface area contributed by atoms with Gasteiger partial charge in [-0.3, -0.25) is 9.59 Å². The van der Waals surface area contributed by atoms with E-state index in [-0.39, 0.29) is 6.04 Å². The number of primary amides is 1. The SMILES string of the molecule is NC(=O)C(=O)[C@@H]1CCCN1. The molecule has 4 nitrogen and oxygen atoms in total. The lowest BCUT2D eigenvalue weighted by Gasteiger charge is -2.03. The second kappa shape index (κ2) is 2.79. The Morgan fingerprint density at radius 2 is 2.20 bits per heavy atom. The van der Waals surface area contributed by atoms with Gasteiger partial charge in [0.05, 0.1) is 6.04 Å². The van der Waals surface area contributed by atoms with Gasteiger partial charge in [-0.25, -0.2) is 0 Å². The molecule has 0 aliphatic carbocycles. The largest absolute Gasteiger partial charge is 0.363 e. The number of rotatable bonds is 2. The lowest BCUT2D eigenvalue weighted by Crippen LogP contribution is -2.39. The van der Waals surface area contributed by atoms with Gasteiger partial charge in [0.25, 0.3) is 5.91 Å². The van der Waals surface area contributed by atoms with Crippen LogP contribution >= 0.6 is 0 Å². The quantitative estimate of drug-likeness (QED) is 0.475. The van der Waals surface area contributed by atoms with Crippen molar-refractivity contribution in [3.8, 4) is 0 Å². The summed E-state index contributed by atoms with van der Waals surface area (Å²) in [7, 11) is 0. The smallest absolute Gasteiger partial charge is 0.286 e. The number of hydrogen-bond donors (Lipinski definition) is 2. The lowest BCUT2D eigenvalue weighted by atomic mass is 10.1. The summed E-state index contributed by atoms with van der Waals surface area (Å²) in [5, 5.41) is 2.89. The minimum atomic E-state index is -0.834. The highest BCUT2D eigenvalue weighted by Gasteiger charge is 2.25. The van der Waals surface area contributed by atoms with E-state index in [9.17, 15) is 9.59 Å². The van der Waals surface area contributed by atoms with E-state index in [4.69, 9.17) is 5.73 Å². The van der Waals surface area contributed by atoms with Crippen LogP contribution in [0.25, 0.3) is 0 Å². The summed E-state index contributed by atoms with van der Waals surface area (Å²) in [5.74, 6) is -1.32. The van der Waals surface area contributed by atoms with E-state index in [0.717, 1.165) is 19.4 Å². The van der Waals surface area contributed by atoms with Crippen molar-refractivity contribution in [2.24, 2.45) is 5.73 Å². The maximum absolute atomic E-state index is 10.8. The maximum atomic E-state index is 10.8. The molecular formula is C6H10N2O2. The van der Waals surface area contributed by atoms with Gasteiger partial charge < -0.3 is 11.1 Å². The van der Waals surface area contributed by atoms with Crippen LogP contribution in [0.1, 0.15) is 12.8 Å². The molecule has 0 bridgehead atoms. The van der Waals surface area contributed by atoms with Crippen LogP contribution in [0.3, 0.4) is 0 Å². The number of carbonyl (C=O) groups excluding carboxylic acids is 2. The summed E-state index contributed by atoms with van der Waals surface area (Å²) in [4.78, 5) is 21.1. The van der Waals surface area contributed by atoms with E-state index in [1.54, 1.807) is 0 Å². The van der Waals surface area contributed by atoms with Crippen LogP contribution in [0.4, 0.5) is 0 Å². The molecule has 1 aliphatic rings. The zero-order valence-electron chi connectivity index (χ0n) is 5.59. The number of ketones is 1. The van der Waals surface area contributed by atoms with Gasteiger partial charge in [0.15, 0.2) is 0 Å². The summed E-state index contributed by atoms with van der Waals surface area (Å²) < 4.78 is 0. The predicted molar refractivity (Wildman–Crippen MR) is 35.2 cm³/mol. The Morgan fingerprint density at radius 1 is 1.50 bits per heavy atom. The van der Waals surface area contributed by atoms with Gasteiger partial charge in [0.2, 0.25) is 5.78 Å². The van der Waals surface area contributed by atoms with E-state index in [0.29, 0.717) is 0 Å². The van der Waals surface area contributed by atoms with Crippen molar-refractivity contribution in [3.05, 3.63) is 0 Å². The Kier molecular flexibility index (Phi) is 2.01. The topological polar surface area (TPSA) is 72.2 Å². The van der Waals surface area contributed by atoms with Crippen LogP contribution in [-0.2, 0) is 9.59 Å². The van der Waals surface area contributed by atoms with Crippen molar-refractivity contribution in [2.75, 3.05) is 6.54 Å². The molecule has 0 aromatic carbocycles. The van der Waals surface area contributed by atoms with Gasteiger partial charge in [0, 0.05) is 0 Å². The van der Waals surface area contributed by atoms with Crippen molar-refractivity contribution in [1.82, 2.24) is 5.32 Å². The van der Waals surface area contributed by atoms with Gasteiger partial charge in [-0.2, -0.15) is 0 Å². The first kappa shape index (κ1) is 7.21. The van der Waals surface area contributed by atoms with Crippen molar-refractivity contribution in [2.45, 2.75) is 18.9 Å². The Hall–Kier alpha value is -0.900. The summed E-state index contributed by atoms with van der Waals surface area (Å²) >= 11 is 0. The minimum Gasteiger partial charge on any atom is -0.363 e. The molecule has 0 aromatic rings. The minimum absolute atomic E-state index is 0.308. The Balaban J connectivity index is 2.48. The molecule has 1 heterocycles. The Labute approximate surface area is 58.8 Å². The molecule has 0 saturated carbocycles. The Bertz CT molecular complexity index is 161. The molecular weight excluding hydrogens is 132 g/mol. The van der Waals surface area contributed by atoms with Gasteiger partial charge >= 0.3 is 0 Å². The maximum Gasteiger partial charge on any atom is 0.286 e. The lowest BCUT2D eigenvalue weighted by molar-refractivity contribution is -0.137. The number of nitrogens with two attached hydrogens (primary N) is 1. The van der Waals surface area contributed by atoms with E-state index in [2.05, 4.69) is 5.32 Å². The van der Waals surface area contributed by atoms with Crippen molar-refractivity contribution >= 4 is 11.7 Å². The van der Waals surface area contributed by atoms with Crippen molar-refractivity contribution < 1.29 is 9.59 Å². The average Bonchev–Trinajstić information content (AvgIpc) is 2.36. The van der Waals surface area contributed by atoms with Gasteiger partial charge in [0.1, 0.15) is 0 Å². The molecule has 0 aromatic heterocycles. The molecule has 56 valence electrons.